The summed E-state index contributed by atoms with van der Waals surface area (Å²) in [6.45, 7) is 2.33. The number of rotatable bonds is 3. The molecule has 0 N–H and O–H groups in total. The third-order valence-corrected chi connectivity index (χ3v) is 2.77. The molecule has 1 aliphatic heterocycles. The van der Waals surface area contributed by atoms with E-state index in [0.29, 0.717) is 12.3 Å². The van der Waals surface area contributed by atoms with Crippen LogP contribution in [0.5, 0.6) is 0 Å². The quantitative estimate of drug-likeness (QED) is 0.596. The van der Waals surface area contributed by atoms with Crippen molar-refractivity contribution in [3.8, 4) is 0 Å². The van der Waals surface area contributed by atoms with Crippen LogP contribution in [0.1, 0.15) is 13.3 Å². The van der Waals surface area contributed by atoms with E-state index in [2.05, 4.69) is 0 Å². The number of hydrogen-bond acceptors (Lipinski definition) is 4. The maximum atomic E-state index is 11.5. The predicted octanol–water partition coefficient (Wildman–Crippen LogP) is 2.33. The predicted molar refractivity (Wildman–Crippen MR) is 61.0 cm³/mol. The first-order valence-corrected chi connectivity index (χ1v) is 5.34. The Morgan fingerprint density at radius 3 is 2.65 bits per heavy atom. The Balaban J connectivity index is 2.27. The number of anilines is 1. The van der Waals surface area contributed by atoms with E-state index in [1.807, 2.05) is 6.92 Å². The van der Waals surface area contributed by atoms with Gasteiger partial charge in [-0.2, -0.15) is 0 Å². The number of non-ortho nitro benzene ring substituents is 1. The Bertz CT molecular complexity index is 443. The number of cyclic esters (lactones) is 1. The number of nitro benzene ring substituents is 1. The molecule has 0 aliphatic carbocycles. The molecule has 0 bridgehead atoms. The molecule has 0 spiro atoms. The molecule has 1 atom stereocenters. The Labute approximate surface area is 97.9 Å². The van der Waals surface area contributed by atoms with Gasteiger partial charge in [-0.1, -0.05) is 6.92 Å². The molecule has 1 aliphatic rings. The van der Waals surface area contributed by atoms with Crippen LogP contribution in [0, 0.1) is 10.1 Å². The van der Waals surface area contributed by atoms with Gasteiger partial charge in [-0.05, 0) is 18.6 Å². The highest BCUT2D eigenvalue weighted by Crippen LogP contribution is 2.26. The van der Waals surface area contributed by atoms with Gasteiger partial charge in [-0.15, -0.1) is 0 Å². The number of carbonyl (C=O) groups is 1. The van der Waals surface area contributed by atoms with Gasteiger partial charge >= 0.3 is 6.09 Å². The summed E-state index contributed by atoms with van der Waals surface area (Å²) in [6, 6.07) is 5.89. The number of benzene rings is 1. The Hall–Kier alpha value is -2.11. The van der Waals surface area contributed by atoms with Crippen molar-refractivity contribution in [2.75, 3.05) is 11.5 Å². The molecular weight excluding hydrogens is 224 g/mol. The first-order chi connectivity index (χ1) is 8.13. The van der Waals surface area contributed by atoms with Gasteiger partial charge in [0.05, 0.1) is 11.0 Å². The van der Waals surface area contributed by atoms with Crippen molar-refractivity contribution in [3.05, 3.63) is 34.4 Å². The minimum Gasteiger partial charge on any atom is -0.447 e. The van der Waals surface area contributed by atoms with Crippen molar-refractivity contribution in [1.82, 2.24) is 0 Å². The minimum absolute atomic E-state index is 0.00366. The fourth-order valence-electron chi connectivity index (χ4n) is 1.81. The SMILES string of the molecule is CCC1COC(=O)N1c1ccc([N+](=O)[O-])cc1. The third kappa shape index (κ3) is 2.06. The molecular formula is C11H12N2O4. The first kappa shape index (κ1) is 11.4. The van der Waals surface area contributed by atoms with Gasteiger partial charge in [-0.3, -0.25) is 15.0 Å². The highest BCUT2D eigenvalue weighted by molar-refractivity contribution is 5.90. The van der Waals surface area contributed by atoms with Crippen molar-refractivity contribution in [2.45, 2.75) is 19.4 Å². The molecule has 1 aromatic carbocycles. The van der Waals surface area contributed by atoms with E-state index >= 15 is 0 Å². The molecule has 2 rings (SSSR count). The fourth-order valence-corrected chi connectivity index (χ4v) is 1.81. The highest BCUT2D eigenvalue weighted by Gasteiger charge is 2.32. The zero-order valence-electron chi connectivity index (χ0n) is 9.33. The maximum absolute atomic E-state index is 11.5. The minimum atomic E-state index is -0.469. The third-order valence-electron chi connectivity index (χ3n) is 2.77. The van der Waals surface area contributed by atoms with Crippen LogP contribution in [-0.2, 0) is 4.74 Å². The zero-order valence-corrected chi connectivity index (χ0v) is 9.33. The normalized spacial score (nSPS) is 19.2. The van der Waals surface area contributed by atoms with Crippen LogP contribution in [0.4, 0.5) is 16.2 Å². The lowest BCUT2D eigenvalue weighted by molar-refractivity contribution is -0.384. The molecule has 90 valence electrons. The van der Waals surface area contributed by atoms with Crippen molar-refractivity contribution >= 4 is 17.5 Å². The number of ether oxygens (including phenoxy) is 1. The Morgan fingerprint density at radius 1 is 1.47 bits per heavy atom. The summed E-state index contributed by atoms with van der Waals surface area (Å²) in [5, 5.41) is 10.5. The molecule has 1 heterocycles. The average molecular weight is 236 g/mol. The van der Waals surface area contributed by atoms with Crippen LogP contribution < -0.4 is 4.90 Å². The second-order valence-electron chi connectivity index (χ2n) is 3.78. The van der Waals surface area contributed by atoms with E-state index in [1.54, 1.807) is 12.1 Å². The van der Waals surface area contributed by atoms with E-state index in [4.69, 9.17) is 4.74 Å². The fraction of sp³-hybridized carbons (Fsp3) is 0.364. The second kappa shape index (κ2) is 4.40. The van der Waals surface area contributed by atoms with Crippen LogP contribution in [0.2, 0.25) is 0 Å². The average Bonchev–Trinajstić information content (AvgIpc) is 2.70. The molecule has 1 saturated heterocycles. The van der Waals surface area contributed by atoms with Crippen molar-refractivity contribution in [2.24, 2.45) is 0 Å². The summed E-state index contributed by atoms with van der Waals surface area (Å²) in [5.41, 5.74) is 0.638. The van der Waals surface area contributed by atoms with E-state index in [1.165, 1.54) is 17.0 Å². The van der Waals surface area contributed by atoms with E-state index in [0.717, 1.165) is 6.42 Å². The molecule has 17 heavy (non-hydrogen) atoms. The lowest BCUT2D eigenvalue weighted by Gasteiger charge is -2.19. The first-order valence-electron chi connectivity index (χ1n) is 5.34. The van der Waals surface area contributed by atoms with E-state index in [-0.39, 0.29) is 11.7 Å². The Morgan fingerprint density at radius 2 is 2.12 bits per heavy atom. The Kier molecular flexibility index (Phi) is 2.95. The molecule has 0 radical (unpaired) electrons. The van der Waals surface area contributed by atoms with E-state index < -0.39 is 11.0 Å². The second-order valence-corrected chi connectivity index (χ2v) is 3.78. The molecule has 0 saturated carbocycles. The van der Waals surface area contributed by atoms with Gasteiger partial charge in [0.1, 0.15) is 6.61 Å². The summed E-state index contributed by atoms with van der Waals surface area (Å²) in [4.78, 5) is 23.1. The monoisotopic (exact) mass is 236 g/mol. The summed E-state index contributed by atoms with van der Waals surface area (Å²) in [6.07, 6.45) is 0.383. The van der Waals surface area contributed by atoms with Crippen LogP contribution in [-0.4, -0.2) is 23.7 Å². The zero-order chi connectivity index (χ0) is 12.4. The molecule has 6 heteroatoms. The number of nitrogens with zero attached hydrogens (tertiary/aromatic N) is 2. The number of hydrogen-bond donors (Lipinski definition) is 0. The van der Waals surface area contributed by atoms with Crippen molar-refractivity contribution < 1.29 is 14.5 Å². The number of amides is 1. The molecule has 0 aromatic heterocycles. The van der Waals surface area contributed by atoms with Crippen LogP contribution in [0.15, 0.2) is 24.3 Å². The van der Waals surface area contributed by atoms with Gasteiger partial charge in [0.2, 0.25) is 0 Å². The summed E-state index contributed by atoms with van der Waals surface area (Å²) in [5.74, 6) is 0. The van der Waals surface area contributed by atoms with Crippen LogP contribution in [0.3, 0.4) is 0 Å². The van der Waals surface area contributed by atoms with Gasteiger partial charge in [0, 0.05) is 17.8 Å². The number of carbonyl (C=O) groups excluding carboxylic acids is 1. The summed E-state index contributed by atoms with van der Waals surface area (Å²) >= 11 is 0. The van der Waals surface area contributed by atoms with Gasteiger partial charge in [0.25, 0.3) is 5.69 Å². The van der Waals surface area contributed by atoms with E-state index in [9.17, 15) is 14.9 Å². The van der Waals surface area contributed by atoms with Gasteiger partial charge < -0.3 is 4.74 Å². The molecule has 6 nitrogen and oxygen atoms in total. The van der Waals surface area contributed by atoms with Crippen molar-refractivity contribution in [3.63, 3.8) is 0 Å². The smallest absolute Gasteiger partial charge is 0.414 e. The topological polar surface area (TPSA) is 72.7 Å². The summed E-state index contributed by atoms with van der Waals surface area (Å²) < 4.78 is 4.95. The standard InChI is InChI=1S/C11H12N2O4/c1-2-8-7-17-11(14)12(8)9-3-5-10(6-4-9)13(15)16/h3-6,8H,2,7H2,1H3. The van der Waals surface area contributed by atoms with Crippen LogP contribution >= 0.6 is 0 Å². The lowest BCUT2D eigenvalue weighted by atomic mass is 10.2. The summed E-state index contributed by atoms with van der Waals surface area (Å²) in [7, 11) is 0. The van der Waals surface area contributed by atoms with Crippen molar-refractivity contribution in [1.29, 1.82) is 0 Å². The molecule has 1 aromatic rings. The lowest BCUT2D eigenvalue weighted by Crippen LogP contribution is -2.32. The molecule has 1 unspecified atom stereocenters. The number of nitro groups is 1. The van der Waals surface area contributed by atoms with Crippen LogP contribution in [0.25, 0.3) is 0 Å². The van der Waals surface area contributed by atoms with Gasteiger partial charge in [-0.25, -0.2) is 4.79 Å². The maximum Gasteiger partial charge on any atom is 0.414 e. The highest BCUT2D eigenvalue weighted by atomic mass is 16.6. The largest absolute Gasteiger partial charge is 0.447 e. The molecule has 1 fully saturated rings. The molecule has 1 amide bonds. The van der Waals surface area contributed by atoms with Gasteiger partial charge in [0.15, 0.2) is 0 Å².